The largest absolute Gasteiger partial charge is 0.353 e. The second kappa shape index (κ2) is 8.04. The second-order valence-electron chi connectivity index (χ2n) is 9.60. The summed E-state index contributed by atoms with van der Waals surface area (Å²) in [5.41, 5.74) is 1.98. The molecule has 0 radical (unpaired) electrons. The van der Waals surface area contributed by atoms with Gasteiger partial charge in [-0.05, 0) is 60.6 Å². The highest BCUT2D eigenvalue weighted by Gasteiger charge is 2.38. The molecule has 0 aromatic heterocycles. The lowest BCUT2D eigenvalue weighted by atomic mass is 9.72. The van der Waals surface area contributed by atoms with Crippen molar-refractivity contribution >= 4 is 11.8 Å². The molecule has 1 aromatic carbocycles. The highest BCUT2D eigenvalue weighted by atomic mass is 16.2. The molecule has 4 nitrogen and oxygen atoms in total. The summed E-state index contributed by atoms with van der Waals surface area (Å²) < 4.78 is 0. The Hall–Kier alpha value is -1.84. The summed E-state index contributed by atoms with van der Waals surface area (Å²) >= 11 is 0. The first-order valence-corrected chi connectivity index (χ1v) is 10.4. The van der Waals surface area contributed by atoms with Crippen molar-refractivity contribution in [2.24, 2.45) is 17.8 Å². The Bertz CT molecular complexity index is 675. The molecule has 4 heteroatoms. The lowest BCUT2D eigenvalue weighted by molar-refractivity contribution is -0.130. The number of benzene rings is 1. The highest BCUT2D eigenvalue weighted by Crippen LogP contribution is 2.36. The molecule has 2 fully saturated rings. The van der Waals surface area contributed by atoms with E-state index in [2.05, 4.69) is 38.3 Å². The molecule has 3 rings (SSSR count). The van der Waals surface area contributed by atoms with E-state index in [0.717, 1.165) is 19.3 Å². The first-order valence-electron chi connectivity index (χ1n) is 10.4. The van der Waals surface area contributed by atoms with E-state index in [1.807, 2.05) is 24.3 Å². The van der Waals surface area contributed by atoms with Crippen LogP contribution in [0.3, 0.4) is 0 Å². The van der Waals surface area contributed by atoms with Gasteiger partial charge < -0.3 is 10.6 Å². The van der Waals surface area contributed by atoms with E-state index >= 15 is 0 Å². The Labute approximate surface area is 163 Å². The number of piperidine rings is 1. The predicted octanol–water partition coefficient (Wildman–Crippen LogP) is 4.04. The predicted molar refractivity (Wildman–Crippen MR) is 109 cm³/mol. The molecule has 4 unspecified atom stereocenters. The number of hydrogen-bond acceptors (Lipinski definition) is 2. The number of carbonyl (C=O) groups is 2. The fourth-order valence-electron chi connectivity index (χ4n) is 4.51. The third-order valence-corrected chi connectivity index (χ3v) is 6.33. The van der Waals surface area contributed by atoms with Crippen LogP contribution in [0, 0.1) is 17.8 Å². The van der Waals surface area contributed by atoms with Gasteiger partial charge in [-0.1, -0.05) is 46.2 Å². The summed E-state index contributed by atoms with van der Waals surface area (Å²) in [5, 5.41) is 6.22. The van der Waals surface area contributed by atoms with Crippen molar-refractivity contribution in [3.05, 3.63) is 35.4 Å². The summed E-state index contributed by atoms with van der Waals surface area (Å²) in [6, 6.07) is 8.18. The Kier molecular flexibility index (Phi) is 5.92. The SMILES string of the molecule is CC1CCC2CC(CCNC(=O)c3ccc(C(C)(C)C)cc3)C(=O)NC2C1. The van der Waals surface area contributed by atoms with Crippen LogP contribution >= 0.6 is 0 Å². The van der Waals surface area contributed by atoms with Crippen molar-refractivity contribution < 1.29 is 9.59 Å². The quantitative estimate of drug-likeness (QED) is 0.840. The fourth-order valence-corrected chi connectivity index (χ4v) is 4.51. The Morgan fingerprint density at radius 1 is 1.15 bits per heavy atom. The molecule has 0 bridgehead atoms. The van der Waals surface area contributed by atoms with Crippen molar-refractivity contribution in [2.75, 3.05) is 6.54 Å². The van der Waals surface area contributed by atoms with Gasteiger partial charge in [-0.25, -0.2) is 0 Å². The second-order valence-corrected chi connectivity index (χ2v) is 9.60. The molecule has 2 amide bonds. The number of hydrogen-bond donors (Lipinski definition) is 2. The van der Waals surface area contributed by atoms with E-state index in [-0.39, 0.29) is 23.1 Å². The molecule has 1 aliphatic carbocycles. The first kappa shape index (κ1) is 19.9. The van der Waals surface area contributed by atoms with Gasteiger partial charge in [0, 0.05) is 24.1 Å². The maximum Gasteiger partial charge on any atom is 0.251 e. The molecule has 148 valence electrons. The van der Waals surface area contributed by atoms with Crippen LogP contribution in [0.15, 0.2) is 24.3 Å². The van der Waals surface area contributed by atoms with Crippen molar-refractivity contribution in [3.8, 4) is 0 Å². The molecular formula is C23H34N2O2. The Balaban J connectivity index is 1.48. The van der Waals surface area contributed by atoms with Crippen molar-refractivity contribution in [2.45, 2.75) is 71.3 Å². The molecule has 2 N–H and O–H groups in total. The normalized spacial score (nSPS) is 28.2. The van der Waals surface area contributed by atoms with Gasteiger partial charge >= 0.3 is 0 Å². The van der Waals surface area contributed by atoms with Gasteiger partial charge in [0.05, 0.1) is 0 Å². The minimum atomic E-state index is -0.0592. The van der Waals surface area contributed by atoms with Crippen LogP contribution in [0.4, 0.5) is 0 Å². The zero-order valence-corrected chi connectivity index (χ0v) is 17.2. The summed E-state index contributed by atoms with van der Waals surface area (Å²) in [5.74, 6) is 1.48. The van der Waals surface area contributed by atoms with Gasteiger partial charge in [0.1, 0.15) is 0 Å². The highest BCUT2D eigenvalue weighted by molar-refractivity contribution is 5.94. The lowest BCUT2D eigenvalue weighted by Gasteiger charge is -2.41. The maximum atomic E-state index is 12.4. The molecule has 1 saturated heterocycles. The topological polar surface area (TPSA) is 58.2 Å². The number of carbonyl (C=O) groups excluding carboxylic acids is 2. The number of rotatable bonds is 4. The van der Waals surface area contributed by atoms with Crippen molar-refractivity contribution in [1.29, 1.82) is 0 Å². The van der Waals surface area contributed by atoms with Gasteiger partial charge in [-0.3, -0.25) is 9.59 Å². The van der Waals surface area contributed by atoms with Crippen LogP contribution in [-0.2, 0) is 10.2 Å². The molecule has 27 heavy (non-hydrogen) atoms. The van der Waals surface area contributed by atoms with Gasteiger partial charge in [0.15, 0.2) is 0 Å². The van der Waals surface area contributed by atoms with E-state index in [9.17, 15) is 9.59 Å². The zero-order valence-electron chi connectivity index (χ0n) is 17.2. The third kappa shape index (κ3) is 4.91. The molecular weight excluding hydrogens is 336 g/mol. The van der Waals surface area contributed by atoms with Crippen LogP contribution in [-0.4, -0.2) is 24.4 Å². The van der Waals surface area contributed by atoms with E-state index in [1.54, 1.807) is 0 Å². The van der Waals surface area contributed by atoms with Crippen LogP contribution in [0.1, 0.15) is 75.7 Å². The number of amides is 2. The third-order valence-electron chi connectivity index (χ3n) is 6.33. The molecule has 2 aliphatic rings. The number of fused-ring (bicyclic) bond motifs is 1. The summed E-state index contributed by atoms with van der Waals surface area (Å²) in [6.07, 6.45) is 5.29. The van der Waals surface area contributed by atoms with Crippen LogP contribution < -0.4 is 10.6 Å². The van der Waals surface area contributed by atoms with E-state index < -0.39 is 0 Å². The molecule has 1 saturated carbocycles. The summed E-state index contributed by atoms with van der Waals surface area (Å²) in [7, 11) is 0. The number of nitrogens with one attached hydrogen (secondary N) is 2. The van der Waals surface area contributed by atoms with Crippen LogP contribution in [0.25, 0.3) is 0 Å². The average molecular weight is 371 g/mol. The zero-order chi connectivity index (χ0) is 19.6. The van der Waals surface area contributed by atoms with Crippen LogP contribution in [0.5, 0.6) is 0 Å². The van der Waals surface area contributed by atoms with E-state index in [1.165, 1.54) is 18.4 Å². The van der Waals surface area contributed by atoms with Crippen molar-refractivity contribution in [1.82, 2.24) is 10.6 Å². The van der Waals surface area contributed by atoms with Crippen LogP contribution in [0.2, 0.25) is 0 Å². The smallest absolute Gasteiger partial charge is 0.251 e. The summed E-state index contributed by atoms with van der Waals surface area (Å²) in [6.45, 7) is 9.31. The molecule has 1 heterocycles. The Morgan fingerprint density at radius 2 is 1.85 bits per heavy atom. The monoisotopic (exact) mass is 370 g/mol. The van der Waals surface area contributed by atoms with Gasteiger partial charge in [0.25, 0.3) is 5.91 Å². The minimum Gasteiger partial charge on any atom is -0.353 e. The molecule has 0 spiro atoms. The molecule has 1 aliphatic heterocycles. The van der Waals surface area contributed by atoms with E-state index in [4.69, 9.17) is 0 Å². The summed E-state index contributed by atoms with van der Waals surface area (Å²) in [4.78, 5) is 24.8. The van der Waals surface area contributed by atoms with Gasteiger partial charge in [-0.15, -0.1) is 0 Å². The maximum absolute atomic E-state index is 12.4. The standard InChI is InChI=1S/C23H34N2O2/c1-15-5-6-17-14-18(22(27)25-20(17)13-15)11-12-24-21(26)16-7-9-19(10-8-16)23(2,3)4/h7-10,15,17-18,20H,5-6,11-14H2,1-4H3,(H,24,26)(H,25,27). The Morgan fingerprint density at radius 3 is 2.52 bits per heavy atom. The lowest BCUT2D eigenvalue weighted by Crippen LogP contribution is -2.52. The van der Waals surface area contributed by atoms with E-state index in [0.29, 0.717) is 30.0 Å². The minimum absolute atomic E-state index is 0.0308. The molecule has 4 atom stereocenters. The first-order chi connectivity index (χ1) is 12.7. The average Bonchev–Trinajstić information content (AvgIpc) is 2.61. The van der Waals surface area contributed by atoms with Gasteiger partial charge in [-0.2, -0.15) is 0 Å². The molecule has 1 aromatic rings. The fraction of sp³-hybridized carbons (Fsp3) is 0.652. The van der Waals surface area contributed by atoms with Gasteiger partial charge in [0.2, 0.25) is 5.91 Å². The van der Waals surface area contributed by atoms with Crippen molar-refractivity contribution in [3.63, 3.8) is 0 Å².